The molecule has 0 aliphatic carbocycles. The van der Waals surface area contributed by atoms with Gasteiger partial charge < -0.3 is 15.4 Å². The Morgan fingerprint density at radius 1 is 1.34 bits per heavy atom. The van der Waals surface area contributed by atoms with E-state index in [9.17, 15) is 0 Å². The van der Waals surface area contributed by atoms with Crippen LogP contribution in [0, 0.1) is 0 Å². The van der Waals surface area contributed by atoms with Crippen molar-refractivity contribution >= 4 is 41.3 Å². The molecule has 1 fully saturated rings. The van der Waals surface area contributed by atoms with Crippen molar-refractivity contribution in [2.45, 2.75) is 32.4 Å². The molecule has 160 valence electrons. The van der Waals surface area contributed by atoms with Gasteiger partial charge in [-0.05, 0) is 37.4 Å². The van der Waals surface area contributed by atoms with Gasteiger partial charge in [-0.15, -0.1) is 35.3 Å². The molecule has 0 aromatic carbocycles. The molecule has 0 bridgehead atoms. The van der Waals surface area contributed by atoms with Gasteiger partial charge in [-0.1, -0.05) is 12.1 Å². The van der Waals surface area contributed by atoms with Crippen molar-refractivity contribution in [3.63, 3.8) is 0 Å². The Kier molecular flexibility index (Phi) is 10.9. The lowest BCUT2D eigenvalue weighted by molar-refractivity contribution is -0.0327. The summed E-state index contributed by atoms with van der Waals surface area (Å²) in [5.74, 6) is 0.862. The third-order valence-electron chi connectivity index (χ3n) is 4.75. The monoisotopic (exact) mass is 529 g/mol. The van der Waals surface area contributed by atoms with Crippen LogP contribution in [0.25, 0.3) is 0 Å². The van der Waals surface area contributed by atoms with Crippen LogP contribution in [0.4, 0.5) is 0 Å². The number of nitrogens with one attached hydrogen (secondary N) is 2. The summed E-state index contributed by atoms with van der Waals surface area (Å²) in [6.45, 7) is 9.30. The number of morpholine rings is 1. The van der Waals surface area contributed by atoms with Gasteiger partial charge in [0.15, 0.2) is 5.96 Å². The normalized spacial score (nSPS) is 18.7. The van der Waals surface area contributed by atoms with E-state index in [4.69, 9.17) is 9.73 Å². The van der Waals surface area contributed by atoms with Gasteiger partial charge in [0, 0.05) is 49.4 Å². The van der Waals surface area contributed by atoms with Gasteiger partial charge in [0.05, 0.1) is 25.3 Å². The van der Waals surface area contributed by atoms with Crippen LogP contribution < -0.4 is 10.6 Å². The van der Waals surface area contributed by atoms with Crippen LogP contribution in [-0.2, 0) is 11.2 Å². The summed E-state index contributed by atoms with van der Waals surface area (Å²) in [6, 6.07) is 10.6. The lowest BCUT2D eigenvalue weighted by Gasteiger charge is -2.36. The molecule has 1 saturated heterocycles. The summed E-state index contributed by atoms with van der Waals surface area (Å²) in [6.07, 6.45) is 2.98. The van der Waals surface area contributed by atoms with Crippen molar-refractivity contribution in [2.24, 2.45) is 4.99 Å². The molecular weight excluding hydrogens is 497 g/mol. The molecule has 2 aromatic heterocycles. The van der Waals surface area contributed by atoms with Gasteiger partial charge in [-0.3, -0.25) is 14.9 Å². The largest absolute Gasteiger partial charge is 0.376 e. The topological polar surface area (TPSA) is 61.8 Å². The van der Waals surface area contributed by atoms with E-state index in [0.717, 1.165) is 57.4 Å². The first-order valence-electron chi connectivity index (χ1n) is 10.1. The highest BCUT2D eigenvalue weighted by molar-refractivity contribution is 14.0. The van der Waals surface area contributed by atoms with Gasteiger partial charge in [0.2, 0.25) is 0 Å². The van der Waals surface area contributed by atoms with E-state index >= 15 is 0 Å². The Bertz CT molecular complexity index is 713. The highest BCUT2D eigenvalue weighted by Crippen LogP contribution is 2.27. The van der Waals surface area contributed by atoms with Gasteiger partial charge >= 0.3 is 0 Å². The van der Waals surface area contributed by atoms with Crippen molar-refractivity contribution < 1.29 is 4.74 Å². The van der Waals surface area contributed by atoms with E-state index < -0.39 is 0 Å². The maximum atomic E-state index is 5.73. The zero-order valence-corrected chi connectivity index (χ0v) is 20.4. The summed E-state index contributed by atoms with van der Waals surface area (Å²) in [4.78, 5) is 13.1. The quantitative estimate of drug-likeness (QED) is 0.312. The van der Waals surface area contributed by atoms with Gasteiger partial charge in [0.1, 0.15) is 0 Å². The Labute approximate surface area is 195 Å². The molecule has 1 aliphatic rings. The number of aliphatic imine (C=N–C) groups is 1. The molecule has 1 aliphatic heterocycles. The number of hydrogen-bond donors (Lipinski definition) is 2. The Hall–Kier alpha value is -1.23. The van der Waals surface area contributed by atoms with Crippen molar-refractivity contribution in [1.29, 1.82) is 0 Å². The van der Waals surface area contributed by atoms with Crippen LogP contribution in [0.3, 0.4) is 0 Å². The zero-order chi connectivity index (χ0) is 19.6. The van der Waals surface area contributed by atoms with Crippen LogP contribution in [0.1, 0.15) is 30.5 Å². The smallest absolute Gasteiger partial charge is 0.191 e. The summed E-state index contributed by atoms with van der Waals surface area (Å²) in [5, 5.41) is 8.95. The average Bonchev–Trinajstić information content (AvgIpc) is 3.23. The second-order valence-corrected chi connectivity index (χ2v) is 7.90. The first-order chi connectivity index (χ1) is 13.8. The molecule has 2 unspecified atom stereocenters. The predicted octanol–water partition coefficient (Wildman–Crippen LogP) is 3.32. The first kappa shape index (κ1) is 24.0. The zero-order valence-electron chi connectivity index (χ0n) is 17.2. The summed E-state index contributed by atoms with van der Waals surface area (Å²) < 4.78 is 5.73. The Morgan fingerprint density at radius 3 is 2.93 bits per heavy atom. The Morgan fingerprint density at radius 2 is 2.24 bits per heavy atom. The van der Waals surface area contributed by atoms with Crippen LogP contribution >= 0.6 is 35.3 Å². The van der Waals surface area contributed by atoms with Crippen LogP contribution in [0.15, 0.2) is 46.9 Å². The molecule has 8 heteroatoms. The molecule has 3 rings (SSSR count). The number of nitrogens with zero attached hydrogens (tertiary/aromatic N) is 3. The first-order valence-corrected chi connectivity index (χ1v) is 11.0. The summed E-state index contributed by atoms with van der Waals surface area (Å²) in [7, 11) is 0. The molecular formula is C21H32IN5OS. The maximum Gasteiger partial charge on any atom is 0.191 e. The number of rotatable bonds is 8. The molecule has 0 saturated carbocycles. The SMILES string of the molecule is CCNC(=NCC(c1cccs1)N1CCOC(C)C1)NCCc1ccccn1.I. The molecule has 0 amide bonds. The number of hydrogen-bond acceptors (Lipinski definition) is 5. The fraction of sp³-hybridized carbons (Fsp3) is 0.524. The van der Waals surface area contributed by atoms with Crippen LogP contribution in [-0.4, -0.2) is 61.3 Å². The van der Waals surface area contributed by atoms with Crippen molar-refractivity contribution in [1.82, 2.24) is 20.5 Å². The molecule has 6 nitrogen and oxygen atoms in total. The fourth-order valence-corrected chi connectivity index (χ4v) is 4.22. The molecule has 2 atom stereocenters. The van der Waals surface area contributed by atoms with Crippen molar-refractivity contribution in [3.05, 3.63) is 52.5 Å². The fourth-order valence-electron chi connectivity index (χ4n) is 3.37. The van der Waals surface area contributed by atoms with E-state index in [1.807, 2.05) is 18.3 Å². The molecule has 29 heavy (non-hydrogen) atoms. The number of pyridine rings is 1. The average molecular weight is 529 g/mol. The molecule has 0 spiro atoms. The van der Waals surface area contributed by atoms with E-state index in [1.165, 1.54) is 4.88 Å². The van der Waals surface area contributed by atoms with E-state index in [2.05, 4.69) is 57.9 Å². The predicted molar refractivity (Wildman–Crippen MR) is 131 cm³/mol. The molecule has 0 radical (unpaired) electrons. The van der Waals surface area contributed by atoms with Gasteiger partial charge in [-0.2, -0.15) is 0 Å². The highest BCUT2D eigenvalue weighted by atomic mass is 127. The van der Waals surface area contributed by atoms with E-state index in [0.29, 0.717) is 0 Å². The third kappa shape index (κ3) is 7.84. The maximum absolute atomic E-state index is 5.73. The lowest BCUT2D eigenvalue weighted by atomic mass is 10.1. The molecule has 3 heterocycles. The third-order valence-corrected chi connectivity index (χ3v) is 5.72. The standard InChI is InChI=1S/C21H31N5OS.HI/c1-3-22-21(24-11-9-18-7-4-5-10-23-18)25-15-19(20-8-6-14-28-20)26-12-13-27-17(2)16-26;/h4-8,10,14,17,19H,3,9,11-13,15-16H2,1-2H3,(H2,22,24,25);1H. The van der Waals surface area contributed by atoms with E-state index in [1.54, 1.807) is 11.3 Å². The minimum Gasteiger partial charge on any atom is -0.376 e. The van der Waals surface area contributed by atoms with Crippen LogP contribution in [0.5, 0.6) is 0 Å². The molecule has 2 aromatic rings. The van der Waals surface area contributed by atoms with E-state index in [-0.39, 0.29) is 36.1 Å². The lowest BCUT2D eigenvalue weighted by Crippen LogP contribution is -2.44. The second-order valence-electron chi connectivity index (χ2n) is 6.93. The minimum absolute atomic E-state index is 0. The number of ether oxygens (including phenoxy) is 1. The highest BCUT2D eigenvalue weighted by Gasteiger charge is 2.26. The number of guanidine groups is 1. The number of thiophene rings is 1. The number of halogens is 1. The minimum atomic E-state index is 0. The van der Waals surface area contributed by atoms with Gasteiger partial charge in [0.25, 0.3) is 0 Å². The Balaban J connectivity index is 0.00000300. The van der Waals surface area contributed by atoms with Crippen LogP contribution in [0.2, 0.25) is 0 Å². The summed E-state index contributed by atoms with van der Waals surface area (Å²) in [5.41, 5.74) is 1.09. The molecule has 2 N–H and O–H groups in total. The number of aromatic nitrogens is 1. The van der Waals surface area contributed by atoms with Crippen molar-refractivity contribution in [3.8, 4) is 0 Å². The van der Waals surface area contributed by atoms with Crippen molar-refractivity contribution in [2.75, 3.05) is 39.3 Å². The second kappa shape index (κ2) is 13.1. The van der Waals surface area contributed by atoms with Gasteiger partial charge in [-0.25, -0.2) is 0 Å². The summed E-state index contributed by atoms with van der Waals surface area (Å²) >= 11 is 1.81.